The molecular formula is C20H25N5O9S2. The normalized spacial score (nSPS) is 20.2. The molecule has 14 nitrogen and oxygen atoms in total. The molecule has 3 N–H and O–H groups in total. The number of anilines is 1. The van der Waals surface area contributed by atoms with Gasteiger partial charge in [-0.1, -0.05) is 5.16 Å². The number of nitrogens with zero attached hydrogens (tertiary/aromatic N) is 3. The molecule has 2 aliphatic rings. The van der Waals surface area contributed by atoms with E-state index in [4.69, 9.17) is 24.8 Å². The molecule has 0 radical (unpaired) electrons. The fraction of sp³-hybridized carbons (Fsp3) is 0.500. The summed E-state index contributed by atoms with van der Waals surface area (Å²) >= 11 is 2.45. The second-order valence-corrected chi connectivity index (χ2v) is 9.21. The molecule has 1 aromatic rings. The van der Waals surface area contributed by atoms with Crippen molar-refractivity contribution in [2.24, 2.45) is 5.16 Å². The highest BCUT2D eigenvalue weighted by molar-refractivity contribution is 8.00. The van der Waals surface area contributed by atoms with Crippen LogP contribution in [0.4, 0.5) is 9.93 Å². The number of carbonyl (C=O) groups is 4. The fourth-order valence-electron chi connectivity index (χ4n) is 3.31. The maximum absolute atomic E-state index is 13.1. The number of esters is 1. The van der Waals surface area contributed by atoms with Gasteiger partial charge in [-0.3, -0.25) is 14.5 Å². The lowest BCUT2D eigenvalue weighted by Gasteiger charge is -2.49. The largest absolute Gasteiger partial charge is 0.511 e. The predicted molar refractivity (Wildman–Crippen MR) is 128 cm³/mol. The number of ether oxygens (including phenoxy) is 4. The van der Waals surface area contributed by atoms with E-state index in [9.17, 15) is 19.2 Å². The molecule has 0 spiro atoms. The Hall–Kier alpha value is -3.37. The fourth-order valence-corrected chi connectivity index (χ4v) is 5.19. The molecule has 2 amide bonds. The van der Waals surface area contributed by atoms with E-state index in [1.165, 1.54) is 30.7 Å². The molecular weight excluding hydrogens is 518 g/mol. The van der Waals surface area contributed by atoms with Gasteiger partial charge in [0, 0.05) is 25.2 Å². The second-order valence-electron chi connectivity index (χ2n) is 7.22. The van der Waals surface area contributed by atoms with Gasteiger partial charge in [-0.15, -0.1) is 23.1 Å². The van der Waals surface area contributed by atoms with Gasteiger partial charge >= 0.3 is 12.1 Å². The maximum atomic E-state index is 13.1. The molecule has 16 heteroatoms. The number of thioether (sulfide) groups is 1. The number of rotatable bonds is 10. The molecule has 196 valence electrons. The molecule has 2 aliphatic heterocycles. The van der Waals surface area contributed by atoms with Crippen LogP contribution in [0.5, 0.6) is 0 Å². The van der Waals surface area contributed by atoms with Crippen molar-refractivity contribution < 1.29 is 43.0 Å². The summed E-state index contributed by atoms with van der Waals surface area (Å²) in [5.74, 6) is -1.80. The zero-order valence-corrected chi connectivity index (χ0v) is 21.5. The third kappa shape index (κ3) is 5.88. The highest BCUT2D eigenvalue weighted by atomic mass is 32.2. The number of fused-ring (bicyclic) bond motifs is 1. The lowest BCUT2D eigenvalue weighted by molar-refractivity contribution is -0.168. The highest BCUT2D eigenvalue weighted by Gasteiger charge is 2.55. The molecule has 0 aliphatic carbocycles. The first-order valence-electron chi connectivity index (χ1n) is 10.5. The summed E-state index contributed by atoms with van der Waals surface area (Å²) in [7, 11) is 2.56. The number of nitrogen functional groups attached to an aromatic ring is 1. The van der Waals surface area contributed by atoms with E-state index in [1.807, 2.05) is 0 Å². The standard InChI is InChI=1S/C20H25N5O9S2/c1-5-32-24-12(11-8-36-19(21)22-11)15(26)23-13-16(27)25-14(10(6-30-3)7-35-17(13)25)18(28)33-9(2)34-20(29)31-4/h8-9,13,17H,5-7H2,1-4H3,(H2,21,22)(H,23,26)/t9?,13?,17-/m0/s1. The molecule has 2 unspecified atom stereocenters. The molecule has 1 saturated heterocycles. The van der Waals surface area contributed by atoms with Gasteiger partial charge in [0.1, 0.15) is 29.4 Å². The molecule has 0 aromatic carbocycles. The zero-order chi connectivity index (χ0) is 26.4. The third-order valence-corrected chi connectivity index (χ3v) is 6.83. The van der Waals surface area contributed by atoms with Gasteiger partial charge in [-0.25, -0.2) is 14.6 Å². The van der Waals surface area contributed by atoms with Crippen molar-refractivity contribution in [3.8, 4) is 0 Å². The average molecular weight is 544 g/mol. The number of hydrogen-bond donors (Lipinski definition) is 2. The lowest BCUT2D eigenvalue weighted by atomic mass is 10.0. The summed E-state index contributed by atoms with van der Waals surface area (Å²) in [6.07, 6.45) is -2.31. The number of thiazole rings is 1. The minimum absolute atomic E-state index is 0.0353. The van der Waals surface area contributed by atoms with Crippen LogP contribution in [0.25, 0.3) is 0 Å². The molecule has 0 saturated carbocycles. The smallest absolute Gasteiger partial charge is 0.438 e. The number of carbonyl (C=O) groups excluding carboxylic acids is 4. The van der Waals surface area contributed by atoms with Crippen LogP contribution in [0, 0.1) is 0 Å². The van der Waals surface area contributed by atoms with E-state index in [2.05, 4.69) is 20.2 Å². The number of aromatic nitrogens is 1. The molecule has 3 heterocycles. The van der Waals surface area contributed by atoms with Crippen molar-refractivity contribution >= 4 is 57.9 Å². The van der Waals surface area contributed by atoms with Crippen LogP contribution >= 0.6 is 23.1 Å². The van der Waals surface area contributed by atoms with E-state index in [1.54, 1.807) is 12.3 Å². The van der Waals surface area contributed by atoms with Gasteiger partial charge in [0.15, 0.2) is 10.8 Å². The highest BCUT2D eigenvalue weighted by Crippen LogP contribution is 2.41. The monoisotopic (exact) mass is 543 g/mol. The topological polar surface area (TPSA) is 181 Å². The summed E-state index contributed by atoms with van der Waals surface area (Å²) in [5, 5.41) is 7.63. The number of oxime groups is 1. The summed E-state index contributed by atoms with van der Waals surface area (Å²) in [6.45, 7) is 3.29. The van der Waals surface area contributed by atoms with Crippen molar-refractivity contribution in [1.82, 2.24) is 15.2 Å². The van der Waals surface area contributed by atoms with Gasteiger partial charge in [0.2, 0.25) is 6.29 Å². The Morgan fingerprint density at radius 1 is 1.33 bits per heavy atom. The van der Waals surface area contributed by atoms with Crippen LogP contribution in [0.2, 0.25) is 0 Å². The minimum Gasteiger partial charge on any atom is -0.438 e. The number of nitrogens with two attached hydrogens (primary N) is 1. The Kier molecular flexibility index (Phi) is 9.11. The Balaban J connectivity index is 1.77. The van der Waals surface area contributed by atoms with Gasteiger partial charge in [-0.05, 0) is 12.5 Å². The molecule has 3 rings (SSSR count). The van der Waals surface area contributed by atoms with Gasteiger partial charge in [0.25, 0.3) is 11.8 Å². The first-order chi connectivity index (χ1) is 17.2. The Morgan fingerprint density at radius 3 is 2.69 bits per heavy atom. The van der Waals surface area contributed by atoms with E-state index in [0.717, 1.165) is 18.4 Å². The van der Waals surface area contributed by atoms with Gasteiger partial charge < -0.3 is 34.8 Å². The quantitative estimate of drug-likeness (QED) is 0.137. The van der Waals surface area contributed by atoms with Crippen LogP contribution < -0.4 is 11.1 Å². The number of β-lactam (4-membered cyclic amide) rings is 1. The number of nitrogens with one attached hydrogen (secondary N) is 1. The van der Waals surface area contributed by atoms with Crippen molar-refractivity contribution in [3.63, 3.8) is 0 Å². The van der Waals surface area contributed by atoms with Crippen LogP contribution in [-0.2, 0) is 38.2 Å². The van der Waals surface area contributed by atoms with Crippen molar-refractivity contribution in [2.75, 3.05) is 38.9 Å². The molecule has 0 bridgehead atoms. The van der Waals surface area contributed by atoms with Crippen LogP contribution in [0.1, 0.15) is 19.5 Å². The summed E-state index contributed by atoms with van der Waals surface area (Å²) < 4.78 is 19.5. The SMILES string of the molecule is CCON=C(C(=O)NC1C(=O)N2C(C(=O)OC(C)OC(=O)OC)=C(COC)CS[C@@H]12)c1csc(N)n1. The zero-order valence-electron chi connectivity index (χ0n) is 19.8. The Bertz CT molecular complexity index is 1090. The van der Waals surface area contributed by atoms with Crippen LogP contribution in [0.3, 0.4) is 0 Å². The van der Waals surface area contributed by atoms with Crippen LogP contribution in [0.15, 0.2) is 21.8 Å². The van der Waals surface area contributed by atoms with Crippen molar-refractivity contribution in [2.45, 2.75) is 31.6 Å². The first-order valence-corrected chi connectivity index (χ1v) is 12.5. The van der Waals surface area contributed by atoms with Crippen molar-refractivity contribution in [1.29, 1.82) is 0 Å². The molecule has 1 aromatic heterocycles. The average Bonchev–Trinajstić information content (AvgIpc) is 3.28. The second kappa shape index (κ2) is 12.0. The number of hydrogen-bond acceptors (Lipinski definition) is 14. The summed E-state index contributed by atoms with van der Waals surface area (Å²) in [5.41, 5.74) is 6.20. The van der Waals surface area contributed by atoms with Gasteiger partial charge in [-0.2, -0.15) is 0 Å². The maximum Gasteiger partial charge on any atom is 0.511 e. The Morgan fingerprint density at radius 2 is 2.08 bits per heavy atom. The van der Waals surface area contributed by atoms with E-state index >= 15 is 0 Å². The molecule has 3 atom stereocenters. The minimum atomic E-state index is -1.27. The molecule has 36 heavy (non-hydrogen) atoms. The van der Waals surface area contributed by atoms with Gasteiger partial charge in [0.05, 0.1) is 13.7 Å². The number of amides is 2. The van der Waals surface area contributed by atoms with Crippen molar-refractivity contribution in [3.05, 3.63) is 22.3 Å². The Labute approximate surface area is 214 Å². The summed E-state index contributed by atoms with van der Waals surface area (Å²) in [4.78, 5) is 60.6. The summed E-state index contributed by atoms with van der Waals surface area (Å²) in [6, 6.07) is -0.957. The van der Waals surface area contributed by atoms with Crippen LogP contribution in [-0.4, -0.2) is 90.4 Å². The number of methoxy groups -OCH3 is 2. The predicted octanol–water partition coefficient (Wildman–Crippen LogP) is 0.439. The lowest BCUT2D eigenvalue weighted by Crippen LogP contribution is -2.71. The first kappa shape index (κ1) is 27.2. The molecule has 1 fully saturated rings. The van der Waals surface area contributed by atoms with E-state index in [-0.39, 0.29) is 35.4 Å². The van der Waals surface area contributed by atoms with E-state index in [0.29, 0.717) is 11.3 Å². The van der Waals surface area contributed by atoms with E-state index < -0.39 is 41.6 Å². The third-order valence-electron chi connectivity index (χ3n) is 4.81.